The van der Waals surface area contributed by atoms with E-state index in [9.17, 15) is 13.6 Å². The van der Waals surface area contributed by atoms with Crippen molar-refractivity contribution in [3.63, 3.8) is 0 Å². The molecule has 2 rings (SSSR count). The summed E-state index contributed by atoms with van der Waals surface area (Å²) in [5.41, 5.74) is -0.283. The number of carbonyl (C=O) groups excluding carboxylic acids is 1. The van der Waals surface area contributed by atoms with Crippen LogP contribution in [0.3, 0.4) is 0 Å². The van der Waals surface area contributed by atoms with Crippen molar-refractivity contribution in [2.24, 2.45) is 0 Å². The van der Waals surface area contributed by atoms with Crippen LogP contribution in [0.1, 0.15) is 15.9 Å². The Labute approximate surface area is 105 Å². The highest BCUT2D eigenvalue weighted by atomic mass is 79.9. The maximum atomic E-state index is 13.7. The van der Waals surface area contributed by atoms with E-state index in [1.54, 1.807) is 18.2 Å². The number of hydrogen-bond acceptors (Lipinski definition) is 1. The summed E-state index contributed by atoms with van der Waals surface area (Å²) >= 11 is 2.93. The van der Waals surface area contributed by atoms with Gasteiger partial charge < -0.3 is 0 Å². The second-order valence-corrected chi connectivity index (χ2v) is 4.27. The maximum Gasteiger partial charge on any atom is 0.198 e. The van der Waals surface area contributed by atoms with Crippen molar-refractivity contribution in [3.05, 3.63) is 69.7 Å². The van der Waals surface area contributed by atoms with Crippen molar-refractivity contribution in [2.45, 2.75) is 0 Å². The predicted octanol–water partition coefficient (Wildman–Crippen LogP) is 3.96. The van der Waals surface area contributed by atoms with Crippen molar-refractivity contribution in [3.8, 4) is 0 Å². The monoisotopic (exact) mass is 296 g/mol. The molecule has 1 nitrogen and oxygen atoms in total. The standard InChI is InChI=1S/C13H7BrF2O/c14-9-6-7-10(15)11(12(9)16)13(17)8-4-2-1-3-5-8/h1-7H. The zero-order valence-corrected chi connectivity index (χ0v) is 10.2. The Balaban J connectivity index is 2.56. The lowest BCUT2D eigenvalue weighted by atomic mass is 10.0. The van der Waals surface area contributed by atoms with E-state index < -0.39 is 23.0 Å². The van der Waals surface area contributed by atoms with E-state index >= 15 is 0 Å². The minimum absolute atomic E-state index is 0.0678. The van der Waals surface area contributed by atoms with Crippen LogP contribution in [0.4, 0.5) is 8.78 Å². The highest BCUT2D eigenvalue weighted by molar-refractivity contribution is 9.10. The van der Waals surface area contributed by atoms with E-state index in [4.69, 9.17) is 0 Å². The molecular formula is C13H7BrF2O. The molecule has 0 heterocycles. The van der Waals surface area contributed by atoms with Crippen LogP contribution in [-0.4, -0.2) is 5.78 Å². The molecule has 0 aliphatic heterocycles. The Morgan fingerprint density at radius 3 is 2.29 bits per heavy atom. The van der Waals surface area contributed by atoms with E-state index in [-0.39, 0.29) is 10.0 Å². The van der Waals surface area contributed by atoms with Crippen molar-refractivity contribution in [1.29, 1.82) is 0 Å². The van der Waals surface area contributed by atoms with E-state index in [1.165, 1.54) is 18.2 Å². The molecule has 17 heavy (non-hydrogen) atoms. The van der Waals surface area contributed by atoms with Gasteiger partial charge in [0.25, 0.3) is 0 Å². The van der Waals surface area contributed by atoms with Gasteiger partial charge >= 0.3 is 0 Å². The molecule has 0 bridgehead atoms. The first-order valence-corrected chi connectivity index (χ1v) is 5.64. The number of rotatable bonds is 2. The van der Waals surface area contributed by atoms with Gasteiger partial charge in [-0.3, -0.25) is 4.79 Å². The van der Waals surface area contributed by atoms with Crippen LogP contribution < -0.4 is 0 Å². The maximum absolute atomic E-state index is 13.7. The highest BCUT2D eigenvalue weighted by Gasteiger charge is 2.20. The number of carbonyl (C=O) groups is 1. The molecule has 0 amide bonds. The molecule has 86 valence electrons. The van der Waals surface area contributed by atoms with Gasteiger partial charge in [0, 0.05) is 5.56 Å². The van der Waals surface area contributed by atoms with E-state index in [1.807, 2.05) is 0 Å². The van der Waals surface area contributed by atoms with Gasteiger partial charge in [-0.2, -0.15) is 0 Å². The molecule has 0 unspecified atom stereocenters. The van der Waals surface area contributed by atoms with Crippen LogP contribution in [0.25, 0.3) is 0 Å². The second kappa shape index (κ2) is 4.75. The van der Waals surface area contributed by atoms with Gasteiger partial charge in [-0.25, -0.2) is 8.78 Å². The highest BCUT2D eigenvalue weighted by Crippen LogP contribution is 2.23. The van der Waals surface area contributed by atoms with Crippen LogP contribution in [-0.2, 0) is 0 Å². The molecule has 4 heteroatoms. The Bertz CT molecular complexity index is 567. The molecule has 0 aliphatic carbocycles. The predicted molar refractivity (Wildman–Crippen MR) is 63.9 cm³/mol. The van der Waals surface area contributed by atoms with Gasteiger partial charge in [-0.1, -0.05) is 30.3 Å². The van der Waals surface area contributed by atoms with Gasteiger partial charge in [0.15, 0.2) is 11.6 Å². The fourth-order valence-corrected chi connectivity index (χ4v) is 1.80. The lowest BCUT2D eigenvalue weighted by Crippen LogP contribution is -2.07. The zero-order chi connectivity index (χ0) is 12.4. The molecule has 0 saturated heterocycles. The minimum atomic E-state index is -0.876. The van der Waals surface area contributed by atoms with Gasteiger partial charge in [0.1, 0.15) is 5.82 Å². The van der Waals surface area contributed by atoms with Crippen LogP contribution in [0.5, 0.6) is 0 Å². The van der Waals surface area contributed by atoms with Gasteiger partial charge in [0.2, 0.25) is 0 Å². The molecule has 0 fully saturated rings. The fraction of sp³-hybridized carbons (Fsp3) is 0. The molecule has 2 aromatic carbocycles. The first-order chi connectivity index (χ1) is 8.11. The van der Waals surface area contributed by atoms with E-state index in [0.717, 1.165) is 6.07 Å². The van der Waals surface area contributed by atoms with Crippen LogP contribution >= 0.6 is 15.9 Å². The fourth-order valence-electron chi connectivity index (χ4n) is 1.47. The van der Waals surface area contributed by atoms with Crippen molar-refractivity contribution in [1.82, 2.24) is 0 Å². The molecule has 0 spiro atoms. The molecule has 0 N–H and O–H groups in total. The minimum Gasteiger partial charge on any atom is -0.288 e. The normalized spacial score (nSPS) is 10.3. The van der Waals surface area contributed by atoms with Crippen LogP contribution in [0.15, 0.2) is 46.9 Å². The summed E-state index contributed by atoms with van der Waals surface area (Å²) < 4.78 is 27.2. The Kier molecular flexibility index (Phi) is 3.33. The Morgan fingerprint density at radius 2 is 1.65 bits per heavy atom. The smallest absolute Gasteiger partial charge is 0.198 e. The SMILES string of the molecule is O=C(c1ccccc1)c1c(F)ccc(Br)c1F. The summed E-state index contributed by atoms with van der Waals surface area (Å²) in [5.74, 6) is -2.40. The van der Waals surface area contributed by atoms with Gasteiger partial charge in [0.05, 0.1) is 10.0 Å². The first-order valence-electron chi connectivity index (χ1n) is 4.84. The molecule has 2 aromatic rings. The summed E-state index contributed by atoms with van der Waals surface area (Å²) in [5, 5.41) is 0. The Hall–Kier alpha value is -1.55. The average molecular weight is 297 g/mol. The van der Waals surface area contributed by atoms with E-state index in [0.29, 0.717) is 0 Å². The quantitative estimate of drug-likeness (QED) is 0.606. The summed E-state index contributed by atoms with van der Waals surface area (Å²) in [7, 11) is 0. The number of halogens is 3. The molecule has 0 aliphatic rings. The molecule has 0 aromatic heterocycles. The van der Waals surface area contributed by atoms with E-state index in [2.05, 4.69) is 15.9 Å². The third-order valence-electron chi connectivity index (χ3n) is 2.31. The van der Waals surface area contributed by atoms with Crippen LogP contribution in [0, 0.1) is 11.6 Å². The Morgan fingerprint density at radius 1 is 1.00 bits per heavy atom. The average Bonchev–Trinajstić information content (AvgIpc) is 2.35. The van der Waals surface area contributed by atoms with Gasteiger partial charge in [-0.05, 0) is 28.1 Å². The number of benzene rings is 2. The zero-order valence-electron chi connectivity index (χ0n) is 8.58. The second-order valence-electron chi connectivity index (χ2n) is 3.41. The third-order valence-corrected chi connectivity index (χ3v) is 2.92. The molecule has 0 atom stereocenters. The largest absolute Gasteiger partial charge is 0.288 e. The lowest BCUT2D eigenvalue weighted by molar-refractivity contribution is 0.103. The van der Waals surface area contributed by atoms with Crippen LogP contribution in [0.2, 0.25) is 0 Å². The molecular weight excluding hydrogens is 290 g/mol. The summed E-state index contributed by atoms with van der Waals surface area (Å²) in [6.07, 6.45) is 0. The molecule has 0 radical (unpaired) electrons. The summed E-state index contributed by atoms with van der Waals surface area (Å²) in [6, 6.07) is 10.3. The lowest BCUT2D eigenvalue weighted by Gasteiger charge is -2.05. The third kappa shape index (κ3) is 2.26. The summed E-state index contributed by atoms with van der Waals surface area (Å²) in [6.45, 7) is 0. The number of hydrogen-bond donors (Lipinski definition) is 0. The molecule has 0 saturated carbocycles. The van der Waals surface area contributed by atoms with Crippen molar-refractivity contribution >= 4 is 21.7 Å². The van der Waals surface area contributed by atoms with Crippen molar-refractivity contribution < 1.29 is 13.6 Å². The first kappa shape index (κ1) is 11.9. The number of ketones is 1. The van der Waals surface area contributed by atoms with Crippen molar-refractivity contribution in [2.75, 3.05) is 0 Å². The van der Waals surface area contributed by atoms with Gasteiger partial charge in [-0.15, -0.1) is 0 Å². The topological polar surface area (TPSA) is 17.1 Å². The summed E-state index contributed by atoms with van der Waals surface area (Å²) in [4.78, 5) is 11.9.